The highest BCUT2D eigenvalue weighted by Crippen LogP contribution is 2.11. The molecule has 6 heteroatoms. The van der Waals surface area contributed by atoms with Crippen molar-refractivity contribution in [1.82, 2.24) is 9.97 Å². The van der Waals surface area contributed by atoms with Gasteiger partial charge in [-0.1, -0.05) is 6.92 Å². The number of aryl methyl sites for hydroxylation is 1. The molecule has 1 aromatic rings. The molecule has 1 aromatic heterocycles. The van der Waals surface area contributed by atoms with Crippen LogP contribution in [0.1, 0.15) is 26.1 Å². The Morgan fingerprint density at radius 1 is 1.44 bits per heavy atom. The number of nitrogens with zero attached hydrogens (tertiary/aromatic N) is 2. The van der Waals surface area contributed by atoms with Crippen molar-refractivity contribution in [2.75, 3.05) is 17.3 Å². The summed E-state index contributed by atoms with van der Waals surface area (Å²) < 4.78 is 0. The number of aliphatic hydroxyl groups excluding tert-OH is 1. The van der Waals surface area contributed by atoms with Crippen LogP contribution in [-0.4, -0.2) is 27.7 Å². The van der Waals surface area contributed by atoms with E-state index in [1.807, 2.05) is 0 Å². The number of nitrogen functional groups attached to an aromatic ring is 1. The minimum Gasteiger partial charge on any atom is -0.392 e. The molecule has 0 aromatic carbocycles. The molecule has 0 aliphatic heterocycles. The summed E-state index contributed by atoms with van der Waals surface area (Å²) in [5.74, 6) is 7.31. The molecule has 0 amide bonds. The Morgan fingerprint density at radius 3 is 2.69 bits per heavy atom. The first-order valence-corrected chi connectivity index (χ1v) is 5.42. The molecule has 0 aliphatic rings. The molecule has 0 saturated carbocycles. The van der Waals surface area contributed by atoms with E-state index in [1.54, 1.807) is 13.0 Å². The predicted octanol–water partition coefficient (Wildman–Crippen LogP) is 0.507. The number of hydrazine groups is 1. The maximum atomic E-state index is 9.17. The van der Waals surface area contributed by atoms with Crippen LogP contribution in [0.25, 0.3) is 0 Å². The zero-order valence-electron chi connectivity index (χ0n) is 9.70. The highest BCUT2D eigenvalue weighted by Gasteiger charge is 2.04. The Hall–Kier alpha value is -1.40. The van der Waals surface area contributed by atoms with E-state index in [-0.39, 0.29) is 0 Å². The van der Waals surface area contributed by atoms with Crippen LogP contribution in [0.3, 0.4) is 0 Å². The van der Waals surface area contributed by atoms with Gasteiger partial charge in [-0.3, -0.25) is 0 Å². The third kappa shape index (κ3) is 4.00. The second kappa shape index (κ2) is 6.24. The van der Waals surface area contributed by atoms with Crippen LogP contribution in [0.15, 0.2) is 6.07 Å². The Labute approximate surface area is 95.3 Å². The molecule has 0 fully saturated rings. The normalized spacial score (nSPS) is 12.2. The van der Waals surface area contributed by atoms with Gasteiger partial charge in [0.15, 0.2) is 0 Å². The van der Waals surface area contributed by atoms with Crippen LogP contribution in [0.5, 0.6) is 0 Å². The lowest BCUT2D eigenvalue weighted by Gasteiger charge is -2.10. The number of aromatic nitrogens is 2. The van der Waals surface area contributed by atoms with Gasteiger partial charge in [0.05, 0.1) is 6.10 Å². The van der Waals surface area contributed by atoms with E-state index >= 15 is 0 Å². The second-order valence-electron chi connectivity index (χ2n) is 3.68. The Morgan fingerprint density at radius 2 is 2.12 bits per heavy atom. The number of nitrogens with one attached hydrogen (secondary N) is 2. The van der Waals surface area contributed by atoms with Gasteiger partial charge in [0.1, 0.15) is 17.5 Å². The summed E-state index contributed by atoms with van der Waals surface area (Å²) in [4.78, 5) is 8.53. The molecule has 0 saturated heterocycles. The number of anilines is 2. The highest BCUT2D eigenvalue weighted by molar-refractivity contribution is 5.46. The smallest absolute Gasteiger partial charge is 0.145 e. The molecular weight excluding hydrogens is 206 g/mol. The summed E-state index contributed by atoms with van der Waals surface area (Å²) in [5, 5.41) is 12.2. The maximum Gasteiger partial charge on any atom is 0.145 e. The van der Waals surface area contributed by atoms with E-state index in [2.05, 4.69) is 27.6 Å². The average molecular weight is 225 g/mol. The van der Waals surface area contributed by atoms with Gasteiger partial charge in [0.25, 0.3) is 0 Å². The summed E-state index contributed by atoms with van der Waals surface area (Å²) in [6.45, 7) is 4.23. The Balaban J connectivity index is 2.77. The van der Waals surface area contributed by atoms with Crippen LogP contribution < -0.4 is 16.6 Å². The SMILES string of the molecule is CCCc1nc(NN)cc(NCC(C)O)n1. The molecule has 0 radical (unpaired) electrons. The third-order valence-electron chi connectivity index (χ3n) is 1.97. The van der Waals surface area contributed by atoms with Crippen molar-refractivity contribution in [1.29, 1.82) is 0 Å². The molecule has 0 spiro atoms. The first-order chi connectivity index (χ1) is 7.65. The fourth-order valence-electron chi connectivity index (χ4n) is 1.25. The number of nitrogens with two attached hydrogens (primary N) is 1. The summed E-state index contributed by atoms with van der Waals surface area (Å²) in [6, 6.07) is 1.71. The molecule has 1 unspecified atom stereocenters. The summed E-state index contributed by atoms with van der Waals surface area (Å²) in [5.41, 5.74) is 2.50. The van der Waals surface area contributed by atoms with E-state index in [4.69, 9.17) is 10.9 Å². The van der Waals surface area contributed by atoms with E-state index in [1.165, 1.54) is 0 Å². The van der Waals surface area contributed by atoms with Crippen molar-refractivity contribution in [3.05, 3.63) is 11.9 Å². The van der Waals surface area contributed by atoms with E-state index in [0.717, 1.165) is 18.7 Å². The summed E-state index contributed by atoms with van der Waals surface area (Å²) >= 11 is 0. The molecule has 0 bridgehead atoms. The van der Waals surface area contributed by atoms with Crippen molar-refractivity contribution < 1.29 is 5.11 Å². The number of hydrogen-bond acceptors (Lipinski definition) is 6. The first-order valence-electron chi connectivity index (χ1n) is 5.42. The Bertz CT molecular complexity index is 329. The van der Waals surface area contributed by atoms with Crippen molar-refractivity contribution in [3.63, 3.8) is 0 Å². The van der Waals surface area contributed by atoms with Crippen LogP contribution in [0.4, 0.5) is 11.6 Å². The Kier molecular flexibility index (Phi) is 4.94. The van der Waals surface area contributed by atoms with Crippen molar-refractivity contribution >= 4 is 11.6 Å². The molecule has 1 heterocycles. The maximum absolute atomic E-state index is 9.17. The van der Waals surface area contributed by atoms with Gasteiger partial charge in [-0.25, -0.2) is 15.8 Å². The average Bonchev–Trinajstić information content (AvgIpc) is 2.26. The molecule has 1 atom stereocenters. The predicted molar refractivity (Wildman–Crippen MR) is 64.0 cm³/mol. The van der Waals surface area contributed by atoms with Crippen LogP contribution in [0, 0.1) is 0 Å². The third-order valence-corrected chi connectivity index (χ3v) is 1.97. The van der Waals surface area contributed by atoms with E-state index < -0.39 is 6.10 Å². The number of rotatable bonds is 6. The van der Waals surface area contributed by atoms with Gasteiger partial charge in [0.2, 0.25) is 0 Å². The topological polar surface area (TPSA) is 96.1 Å². The first kappa shape index (κ1) is 12.7. The minimum absolute atomic E-state index is 0.418. The summed E-state index contributed by atoms with van der Waals surface area (Å²) in [6.07, 6.45) is 1.36. The van der Waals surface area contributed by atoms with Gasteiger partial charge < -0.3 is 15.8 Å². The zero-order valence-corrected chi connectivity index (χ0v) is 9.70. The number of aliphatic hydroxyl groups is 1. The van der Waals surface area contributed by atoms with Crippen molar-refractivity contribution in [2.24, 2.45) is 5.84 Å². The largest absolute Gasteiger partial charge is 0.392 e. The van der Waals surface area contributed by atoms with Gasteiger partial charge in [-0.15, -0.1) is 0 Å². The molecule has 6 nitrogen and oxygen atoms in total. The van der Waals surface area contributed by atoms with Gasteiger partial charge in [-0.05, 0) is 13.3 Å². The molecular formula is C10H19N5O. The molecule has 16 heavy (non-hydrogen) atoms. The minimum atomic E-state index is -0.418. The van der Waals surface area contributed by atoms with Gasteiger partial charge in [-0.2, -0.15) is 0 Å². The monoisotopic (exact) mass is 225 g/mol. The molecule has 1 rings (SSSR count). The molecule has 0 aliphatic carbocycles. The summed E-state index contributed by atoms with van der Waals surface area (Å²) in [7, 11) is 0. The molecule has 90 valence electrons. The standard InChI is InChI=1S/C10H19N5O/c1-3-4-8-13-9(12-6-7(2)16)5-10(14-8)15-11/h5,7,16H,3-4,6,11H2,1-2H3,(H2,12,13,14,15). The fourth-order valence-corrected chi connectivity index (χ4v) is 1.25. The lowest BCUT2D eigenvalue weighted by molar-refractivity contribution is 0.208. The van der Waals surface area contributed by atoms with Gasteiger partial charge >= 0.3 is 0 Å². The fraction of sp³-hybridized carbons (Fsp3) is 0.600. The lowest BCUT2D eigenvalue weighted by Crippen LogP contribution is -2.18. The zero-order chi connectivity index (χ0) is 12.0. The van der Waals surface area contributed by atoms with Gasteiger partial charge in [0, 0.05) is 19.0 Å². The van der Waals surface area contributed by atoms with Crippen molar-refractivity contribution in [2.45, 2.75) is 32.8 Å². The van der Waals surface area contributed by atoms with Crippen molar-refractivity contribution in [3.8, 4) is 0 Å². The highest BCUT2D eigenvalue weighted by atomic mass is 16.3. The number of hydrogen-bond donors (Lipinski definition) is 4. The second-order valence-corrected chi connectivity index (χ2v) is 3.68. The van der Waals surface area contributed by atoms with Crippen LogP contribution >= 0.6 is 0 Å². The molecule has 5 N–H and O–H groups in total. The van der Waals surface area contributed by atoms with E-state index in [0.29, 0.717) is 18.2 Å². The lowest BCUT2D eigenvalue weighted by atomic mass is 10.3. The van der Waals surface area contributed by atoms with Crippen LogP contribution in [-0.2, 0) is 6.42 Å². The van der Waals surface area contributed by atoms with Crippen LogP contribution in [0.2, 0.25) is 0 Å². The van der Waals surface area contributed by atoms with E-state index in [9.17, 15) is 0 Å². The quantitative estimate of drug-likeness (QED) is 0.416.